The van der Waals surface area contributed by atoms with Crippen LogP contribution in [0.5, 0.6) is 11.5 Å². The number of carbonyl (C=O) groups is 1. The van der Waals surface area contributed by atoms with Gasteiger partial charge in [-0.05, 0) is 37.5 Å². The molecule has 0 radical (unpaired) electrons. The molecule has 0 heterocycles. The van der Waals surface area contributed by atoms with Crippen LogP contribution in [-0.2, 0) is 4.79 Å². The summed E-state index contributed by atoms with van der Waals surface area (Å²) in [4.78, 5) is 11.7. The summed E-state index contributed by atoms with van der Waals surface area (Å²) in [6.07, 6.45) is 0. The number of ether oxygens (including phenoxy) is 2. The Morgan fingerprint density at radius 3 is 2.53 bits per heavy atom. The van der Waals surface area contributed by atoms with Crippen LogP contribution in [0.1, 0.15) is 26.3 Å². The molecule has 4 nitrogen and oxygen atoms in total. The van der Waals surface area contributed by atoms with Crippen molar-refractivity contribution in [3.63, 3.8) is 0 Å². The summed E-state index contributed by atoms with van der Waals surface area (Å²) in [5, 5.41) is 2.89. The van der Waals surface area contributed by atoms with E-state index in [1.54, 1.807) is 7.11 Å². The van der Waals surface area contributed by atoms with Gasteiger partial charge in [0.2, 0.25) is 0 Å². The van der Waals surface area contributed by atoms with Crippen molar-refractivity contribution in [1.82, 2.24) is 5.32 Å². The second-order valence-corrected chi connectivity index (χ2v) is 5.04. The summed E-state index contributed by atoms with van der Waals surface area (Å²) in [7, 11) is 1.59. The first-order chi connectivity index (χ1) is 8.93. The van der Waals surface area contributed by atoms with E-state index in [2.05, 4.69) is 19.2 Å². The second kappa shape index (κ2) is 7.02. The maximum atomic E-state index is 11.7. The van der Waals surface area contributed by atoms with Gasteiger partial charge in [0.1, 0.15) is 0 Å². The lowest BCUT2D eigenvalue weighted by Gasteiger charge is -2.18. The van der Waals surface area contributed by atoms with Crippen LogP contribution in [0.3, 0.4) is 0 Å². The Morgan fingerprint density at radius 2 is 1.95 bits per heavy atom. The molecular formula is C15H23NO3. The molecule has 106 valence electrons. The monoisotopic (exact) mass is 265 g/mol. The fourth-order valence-corrected chi connectivity index (χ4v) is 1.50. The van der Waals surface area contributed by atoms with Crippen LogP contribution in [0.25, 0.3) is 0 Å². The van der Waals surface area contributed by atoms with Crippen molar-refractivity contribution in [2.45, 2.75) is 33.7 Å². The van der Waals surface area contributed by atoms with E-state index in [0.29, 0.717) is 17.4 Å². The highest BCUT2D eigenvalue weighted by Crippen LogP contribution is 2.27. The Morgan fingerprint density at radius 1 is 1.26 bits per heavy atom. The smallest absolute Gasteiger partial charge is 0.258 e. The molecule has 0 aliphatic carbocycles. The zero-order valence-corrected chi connectivity index (χ0v) is 12.3. The number of benzene rings is 1. The molecule has 0 saturated carbocycles. The molecule has 0 saturated heterocycles. The predicted molar refractivity (Wildman–Crippen MR) is 75.7 cm³/mol. The van der Waals surface area contributed by atoms with Gasteiger partial charge < -0.3 is 14.8 Å². The summed E-state index contributed by atoms with van der Waals surface area (Å²) in [6, 6.07) is 5.75. The molecular weight excluding hydrogens is 242 g/mol. The molecule has 4 heteroatoms. The third-order valence-corrected chi connectivity index (χ3v) is 3.07. The fraction of sp³-hybridized carbons (Fsp3) is 0.533. The van der Waals surface area contributed by atoms with E-state index in [0.717, 1.165) is 5.56 Å². The van der Waals surface area contributed by atoms with E-state index in [1.807, 2.05) is 32.0 Å². The molecule has 1 N–H and O–H groups in total. The average molecular weight is 265 g/mol. The van der Waals surface area contributed by atoms with Gasteiger partial charge in [-0.1, -0.05) is 19.9 Å². The standard InChI is InChI=1S/C15H23NO3/c1-10(2)12(4)16-15(17)9-19-13-7-6-11(3)8-14(13)18-5/h6-8,10,12H,9H2,1-5H3,(H,16,17)/t12-/m1/s1. The Kier molecular flexibility index (Phi) is 5.67. The molecule has 0 spiro atoms. The highest BCUT2D eigenvalue weighted by atomic mass is 16.5. The number of aryl methyl sites for hydroxylation is 1. The molecule has 0 aliphatic heterocycles. The van der Waals surface area contributed by atoms with Gasteiger partial charge >= 0.3 is 0 Å². The third kappa shape index (κ3) is 4.81. The molecule has 0 bridgehead atoms. The van der Waals surface area contributed by atoms with Crippen molar-refractivity contribution in [2.75, 3.05) is 13.7 Å². The van der Waals surface area contributed by atoms with E-state index in [-0.39, 0.29) is 18.6 Å². The lowest BCUT2D eigenvalue weighted by atomic mass is 10.1. The normalized spacial score (nSPS) is 12.1. The largest absolute Gasteiger partial charge is 0.493 e. The SMILES string of the molecule is COc1cc(C)ccc1OCC(=O)N[C@H](C)C(C)C. The van der Waals surface area contributed by atoms with Crippen LogP contribution in [0.2, 0.25) is 0 Å². The highest BCUT2D eigenvalue weighted by molar-refractivity contribution is 5.77. The van der Waals surface area contributed by atoms with E-state index in [4.69, 9.17) is 9.47 Å². The summed E-state index contributed by atoms with van der Waals surface area (Å²) in [6.45, 7) is 8.08. The summed E-state index contributed by atoms with van der Waals surface area (Å²) in [5.74, 6) is 1.51. The number of amides is 1. The topological polar surface area (TPSA) is 47.6 Å². The van der Waals surface area contributed by atoms with Gasteiger partial charge in [-0.15, -0.1) is 0 Å². The van der Waals surface area contributed by atoms with Crippen molar-refractivity contribution in [2.24, 2.45) is 5.92 Å². The number of hydrogen-bond acceptors (Lipinski definition) is 3. The lowest BCUT2D eigenvalue weighted by Crippen LogP contribution is -2.38. The average Bonchev–Trinajstić information content (AvgIpc) is 2.36. The number of rotatable bonds is 6. The molecule has 1 amide bonds. The number of carbonyl (C=O) groups excluding carboxylic acids is 1. The Balaban J connectivity index is 2.55. The quantitative estimate of drug-likeness (QED) is 0.860. The van der Waals surface area contributed by atoms with Crippen LogP contribution in [0, 0.1) is 12.8 Å². The molecule has 0 aliphatic rings. The van der Waals surface area contributed by atoms with Crippen LogP contribution < -0.4 is 14.8 Å². The first-order valence-corrected chi connectivity index (χ1v) is 6.50. The number of nitrogens with one attached hydrogen (secondary N) is 1. The second-order valence-electron chi connectivity index (χ2n) is 5.04. The van der Waals surface area contributed by atoms with Gasteiger partial charge in [-0.3, -0.25) is 4.79 Å². The Bertz CT molecular complexity index is 429. The van der Waals surface area contributed by atoms with E-state index >= 15 is 0 Å². The summed E-state index contributed by atoms with van der Waals surface area (Å²) < 4.78 is 10.7. The van der Waals surface area contributed by atoms with Crippen LogP contribution in [0.4, 0.5) is 0 Å². The van der Waals surface area contributed by atoms with Gasteiger partial charge in [-0.2, -0.15) is 0 Å². The maximum Gasteiger partial charge on any atom is 0.258 e. The lowest BCUT2D eigenvalue weighted by molar-refractivity contribution is -0.124. The first-order valence-electron chi connectivity index (χ1n) is 6.50. The van der Waals surface area contributed by atoms with Gasteiger partial charge in [0, 0.05) is 6.04 Å². The maximum absolute atomic E-state index is 11.7. The molecule has 1 rings (SSSR count). The molecule has 1 aromatic rings. The van der Waals surface area contributed by atoms with Crippen molar-refractivity contribution >= 4 is 5.91 Å². The van der Waals surface area contributed by atoms with E-state index < -0.39 is 0 Å². The predicted octanol–water partition coefficient (Wildman–Crippen LogP) is 2.54. The molecule has 0 aromatic heterocycles. The minimum absolute atomic E-state index is 0.00349. The zero-order valence-electron chi connectivity index (χ0n) is 12.3. The molecule has 0 unspecified atom stereocenters. The molecule has 19 heavy (non-hydrogen) atoms. The summed E-state index contributed by atoms with van der Waals surface area (Å²) in [5.41, 5.74) is 1.09. The summed E-state index contributed by atoms with van der Waals surface area (Å²) >= 11 is 0. The minimum Gasteiger partial charge on any atom is -0.493 e. The number of methoxy groups -OCH3 is 1. The van der Waals surface area contributed by atoms with Crippen molar-refractivity contribution in [3.05, 3.63) is 23.8 Å². The van der Waals surface area contributed by atoms with Crippen LogP contribution in [0.15, 0.2) is 18.2 Å². The van der Waals surface area contributed by atoms with Crippen LogP contribution >= 0.6 is 0 Å². The van der Waals surface area contributed by atoms with E-state index in [1.165, 1.54) is 0 Å². The third-order valence-electron chi connectivity index (χ3n) is 3.07. The minimum atomic E-state index is -0.121. The van der Waals surface area contributed by atoms with Crippen molar-refractivity contribution < 1.29 is 14.3 Å². The van der Waals surface area contributed by atoms with Gasteiger partial charge in [0.15, 0.2) is 18.1 Å². The van der Waals surface area contributed by atoms with E-state index in [9.17, 15) is 4.79 Å². The molecule has 1 atom stereocenters. The van der Waals surface area contributed by atoms with Crippen molar-refractivity contribution in [3.8, 4) is 11.5 Å². The zero-order chi connectivity index (χ0) is 14.4. The van der Waals surface area contributed by atoms with Crippen LogP contribution in [-0.4, -0.2) is 25.7 Å². The Labute approximate surface area is 115 Å². The first kappa shape index (κ1) is 15.3. The Hall–Kier alpha value is -1.71. The molecule has 1 aromatic carbocycles. The van der Waals surface area contributed by atoms with Gasteiger partial charge in [0.05, 0.1) is 7.11 Å². The van der Waals surface area contributed by atoms with Gasteiger partial charge in [0.25, 0.3) is 5.91 Å². The number of hydrogen-bond donors (Lipinski definition) is 1. The molecule has 0 fully saturated rings. The van der Waals surface area contributed by atoms with Crippen molar-refractivity contribution in [1.29, 1.82) is 0 Å². The fourth-order valence-electron chi connectivity index (χ4n) is 1.50. The highest BCUT2D eigenvalue weighted by Gasteiger charge is 2.12. The van der Waals surface area contributed by atoms with Gasteiger partial charge in [-0.25, -0.2) is 0 Å².